The molecule has 1 atom stereocenters. The van der Waals surface area contributed by atoms with Crippen LogP contribution < -0.4 is 15.9 Å². The molecule has 1 aromatic heterocycles. The number of nitrogens with one attached hydrogen (secondary N) is 1. The van der Waals surface area contributed by atoms with Gasteiger partial charge in [0.05, 0.1) is 10.3 Å². The number of hydrogen-bond acceptors (Lipinski definition) is 5. The fraction of sp³-hybridized carbons (Fsp3) is 0.435. The van der Waals surface area contributed by atoms with Crippen molar-refractivity contribution >= 4 is 22.0 Å². The summed E-state index contributed by atoms with van der Waals surface area (Å²) in [6.45, 7) is 1.57. The number of rotatable bonds is 8. The van der Waals surface area contributed by atoms with Gasteiger partial charge in [-0.2, -0.15) is 4.31 Å². The van der Waals surface area contributed by atoms with E-state index in [1.807, 2.05) is 6.08 Å². The van der Waals surface area contributed by atoms with Gasteiger partial charge in [0.2, 0.25) is 15.9 Å². The summed E-state index contributed by atoms with van der Waals surface area (Å²) in [5.74, 6) is -0.0666. The summed E-state index contributed by atoms with van der Waals surface area (Å²) in [4.78, 5) is 20.9. The number of benzene rings is 1. The van der Waals surface area contributed by atoms with Crippen molar-refractivity contribution in [2.75, 3.05) is 19.6 Å². The van der Waals surface area contributed by atoms with Crippen molar-refractivity contribution < 1.29 is 17.6 Å². The summed E-state index contributed by atoms with van der Waals surface area (Å²) in [5.41, 5.74) is 0. The fourth-order valence-electron chi connectivity index (χ4n) is 4.20. The first kappa shape index (κ1) is 22.5. The van der Waals surface area contributed by atoms with Gasteiger partial charge in [-0.15, -0.1) is 0 Å². The molecular weight excluding hydrogens is 431 g/mol. The zero-order chi connectivity index (χ0) is 22.6. The Morgan fingerprint density at radius 2 is 1.88 bits per heavy atom. The van der Waals surface area contributed by atoms with Crippen molar-refractivity contribution in [1.29, 1.82) is 0 Å². The number of nitrogens with zero attached hydrogens (tertiary/aromatic N) is 3. The van der Waals surface area contributed by atoms with Gasteiger partial charge in [0.15, 0.2) is 0 Å². The lowest BCUT2D eigenvalue weighted by Crippen LogP contribution is -2.38. The van der Waals surface area contributed by atoms with Crippen LogP contribution >= 0.6 is 0 Å². The Labute approximate surface area is 187 Å². The lowest BCUT2D eigenvalue weighted by atomic mass is 9.92. The van der Waals surface area contributed by atoms with E-state index in [-0.39, 0.29) is 10.8 Å². The van der Waals surface area contributed by atoms with Crippen LogP contribution in [0, 0.1) is 11.7 Å². The van der Waals surface area contributed by atoms with E-state index in [1.165, 1.54) is 28.6 Å². The number of unbranched alkanes of at least 4 members (excludes halogenated alkanes) is 1. The first-order valence-electron chi connectivity index (χ1n) is 11.0. The molecule has 1 saturated heterocycles. The van der Waals surface area contributed by atoms with E-state index in [0.29, 0.717) is 25.6 Å². The molecule has 32 heavy (non-hydrogen) atoms. The minimum absolute atomic E-state index is 0.0968. The SMILES string of the molecule is O=C(NCCCCC1CCN(S(=O)(=O)c2ccc(F)cc2)CC1)C1C=c2cnccc2=N1. The standard InChI is InChI=1S/C23H27FN4O3S/c24-19-4-6-20(7-5-19)32(30,31)28-13-9-17(10-14-28)3-1-2-11-26-23(29)22-15-18-16-25-12-8-21(18)27-22/h4-8,12,15-17,22H,1-3,9-11,13-14H2,(H,26,29). The first-order valence-corrected chi connectivity index (χ1v) is 12.4. The normalized spacial score (nSPS) is 19.1. The summed E-state index contributed by atoms with van der Waals surface area (Å²) in [7, 11) is -3.57. The highest BCUT2D eigenvalue weighted by atomic mass is 32.2. The second kappa shape index (κ2) is 9.87. The maximum Gasteiger partial charge on any atom is 0.248 e. The molecule has 0 aliphatic carbocycles. The van der Waals surface area contributed by atoms with E-state index in [4.69, 9.17) is 0 Å². The van der Waals surface area contributed by atoms with E-state index < -0.39 is 21.9 Å². The van der Waals surface area contributed by atoms with Crippen LogP contribution in [0.1, 0.15) is 32.1 Å². The van der Waals surface area contributed by atoms with Gasteiger partial charge in [-0.25, -0.2) is 12.8 Å². The first-order chi connectivity index (χ1) is 15.4. The molecular formula is C23H27FN4O3S. The van der Waals surface area contributed by atoms with Gasteiger partial charge >= 0.3 is 0 Å². The molecule has 9 heteroatoms. The third-order valence-corrected chi connectivity index (χ3v) is 7.99. The Morgan fingerprint density at radius 1 is 1.12 bits per heavy atom. The van der Waals surface area contributed by atoms with Crippen molar-refractivity contribution in [3.8, 4) is 0 Å². The summed E-state index contributed by atoms with van der Waals surface area (Å²) in [6, 6.07) is 6.30. The number of carbonyl (C=O) groups excluding carboxylic acids is 1. The molecule has 1 unspecified atom stereocenters. The molecule has 0 radical (unpaired) electrons. The Morgan fingerprint density at radius 3 is 2.59 bits per heavy atom. The Kier molecular flexibility index (Phi) is 6.95. The zero-order valence-electron chi connectivity index (χ0n) is 17.8. The van der Waals surface area contributed by atoms with Gasteiger partial charge in [-0.05, 0) is 61.6 Å². The lowest BCUT2D eigenvalue weighted by molar-refractivity contribution is -0.121. The molecule has 0 saturated carbocycles. The summed E-state index contributed by atoms with van der Waals surface area (Å²) in [5, 5.41) is 4.64. The van der Waals surface area contributed by atoms with Crippen molar-refractivity contribution in [2.45, 2.75) is 43.0 Å². The van der Waals surface area contributed by atoms with Crippen LogP contribution in [-0.2, 0) is 14.8 Å². The highest BCUT2D eigenvalue weighted by Gasteiger charge is 2.29. The van der Waals surface area contributed by atoms with Crippen molar-refractivity contribution in [2.24, 2.45) is 10.9 Å². The number of aromatic nitrogens is 1. The van der Waals surface area contributed by atoms with Crippen LogP contribution in [-0.4, -0.2) is 49.3 Å². The van der Waals surface area contributed by atoms with E-state index >= 15 is 0 Å². The third-order valence-electron chi connectivity index (χ3n) is 6.08. The average Bonchev–Trinajstić information content (AvgIpc) is 3.24. The number of halogens is 1. The van der Waals surface area contributed by atoms with Crippen molar-refractivity contribution in [3.05, 3.63) is 59.1 Å². The topological polar surface area (TPSA) is 91.7 Å². The lowest BCUT2D eigenvalue weighted by Gasteiger charge is -2.31. The Balaban J connectivity index is 1.15. The van der Waals surface area contributed by atoms with Gasteiger partial charge < -0.3 is 5.32 Å². The van der Waals surface area contributed by atoms with Gasteiger partial charge in [-0.3, -0.25) is 14.8 Å². The maximum absolute atomic E-state index is 13.1. The highest BCUT2D eigenvalue weighted by Crippen LogP contribution is 2.26. The van der Waals surface area contributed by atoms with Crippen LogP contribution in [0.2, 0.25) is 0 Å². The largest absolute Gasteiger partial charge is 0.354 e. The van der Waals surface area contributed by atoms with Crippen LogP contribution in [0.25, 0.3) is 6.08 Å². The fourth-order valence-corrected chi connectivity index (χ4v) is 5.67. The highest BCUT2D eigenvalue weighted by molar-refractivity contribution is 7.89. The van der Waals surface area contributed by atoms with Gasteiger partial charge in [0.25, 0.3) is 0 Å². The van der Waals surface area contributed by atoms with Gasteiger partial charge in [0.1, 0.15) is 11.9 Å². The molecule has 2 aliphatic rings. The van der Waals surface area contributed by atoms with Crippen molar-refractivity contribution in [1.82, 2.24) is 14.6 Å². The number of sulfonamides is 1. The summed E-state index contributed by atoms with van der Waals surface area (Å²) >= 11 is 0. The van der Waals surface area contributed by atoms with Crippen LogP contribution in [0.4, 0.5) is 4.39 Å². The number of pyridine rings is 1. The van der Waals surface area contributed by atoms with E-state index in [0.717, 1.165) is 42.7 Å². The molecule has 7 nitrogen and oxygen atoms in total. The Bertz CT molecular complexity index is 1140. The summed E-state index contributed by atoms with van der Waals surface area (Å²) in [6.07, 6.45) is 9.70. The second-order valence-electron chi connectivity index (χ2n) is 8.26. The van der Waals surface area contributed by atoms with Crippen molar-refractivity contribution in [3.63, 3.8) is 0 Å². The molecule has 1 fully saturated rings. The predicted octanol–water partition coefficient (Wildman–Crippen LogP) is 1.39. The van der Waals surface area contributed by atoms with E-state index in [2.05, 4.69) is 15.3 Å². The number of amides is 1. The molecule has 4 rings (SSSR count). The summed E-state index contributed by atoms with van der Waals surface area (Å²) < 4.78 is 40.0. The number of carbonyl (C=O) groups is 1. The predicted molar refractivity (Wildman–Crippen MR) is 118 cm³/mol. The molecule has 170 valence electrons. The molecule has 0 bridgehead atoms. The monoisotopic (exact) mass is 458 g/mol. The molecule has 0 spiro atoms. The average molecular weight is 459 g/mol. The number of piperidine rings is 1. The minimum atomic E-state index is -3.57. The quantitative estimate of drug-likeness (QED) is 0.605. The Hall–Kier alpha value is -2.65. The molecule has 1 amide bonds. The van der Waals surface area contributed by atoms with Crippen LogP contribution in [0.5, 0.6) is 0 Å². The molecule has 3 heterocycles. The molecule has 1 N–H and O–H groups in total. The molecule has 2 aromatic rings. The minimum Gasteiger partial charge on any atom is -0.354 e. The zero-order valence-corrected chi connectivity index (χ0v) is 18.6. The van der Waals surface area contributed by atoms with E-state index in [9.17, 15) is 17.6 Å². The molecule has 2 aliphatic heterocycles. The van der Waals surface area contributed by atoms with E-state index in [1.54, 1.807) is 18.5 Å². The number of hydrogen-bond donors (Lipinski definition) is 1. The second-order valence-corrected chi connectivity index (χ2v) is 10.2. The van der Waals surface area contributed by atoms with Gasteiger partial charge in [-0.1, -0.05) is 12.8 Å². The number of fused-ring (bicyclic) bond motifs is 1. The smallest absolute Gasteiger partial charge is 0.248 e. The van der Waals surface area contributed by atoms with Crippen LogP contribution in [0.15, 0.2) is 52.6 Å². The van der Waals surface area contributed by atoms with Crippen LogP contribution in [0.3, 0.4) is 0 Å². The third kappa shape index (κ3) is 5.21. The maximum atomic E-state index is 13.1. The van der Waals surface area contributed by atoms with Gasteiger partial charge in [0, 0.05) is 37.2 Å². The molecule has 1 aromatic carbocycles.